The molecule has 0 saturated carbocycles. The minimum atomic E-state index is -0.646. The Hall–Kier alpha value is -0.320. The number of furan rings is 1. The van der Waals surface area contributed by atoms with Gasteiger partial charge in [0.05, 0.1) is 16.8 Å². The molecule has 2 atom stereocenters. The van der Waals surface area contributed by atoms with Crippen molar-refractivity contribution in [3.8, 4) is 0 Å². The fourth-order valence-corrected chi connectivity index (χ4v) is 1.97. The summed E-state index contributed by atoms with van der Waals surface area (Å²) in [6, 6.07) is 1.77. The predicted molar refractivity (Wildman–Crippen MR) is 50.3 cm³/mol. The molecule has 13 heavy (non-hydrogen) atoms. The van der Waals surface area contributed by atoms with E-state index in [4.69, 9.17) is 9.15 Å². The largest absolute Gasteiger partial charge is 0.465 e. The van der Waals surface area contributed by atoms with Crippen LogP contribution in [-0.2, 0) is 4.74 Å². The molecule has 0 bridgehead atoms. The van der Waals surface area contributed by atoms with Crippen molar-refractivity contribution in [3.63, 3.8) is 0 Å². The van der Waals surface area contributed by atoms with Crippen molar-refractivity contribution in [2.75, 3.05) is 6.61 Å². The van der Waals surface area contributed by atoms with Crippen molar-refractivity contribution in [2.45, 2.75) is 25.0 Å². The van der Waals surface area contributed by atoms with Gasteiger partial charge >= 0.3 is 0 Å². The van der Waals surface area contributed by atoms with Crippen LogP contribution in [0.15, 0.2) is 21.2 Å². The highest BCUT2D eigenvalue weighted by molar-refractivity contribution is 9.10. The zero-order valence-corrected chi connectivity index (χ0v) is 8.66. The molecule has 1 aromatic heterocycles. The number of hydrogen-bond acceptors (Lipinski definition) is 3. The lowest BCUT2D eigenvalue weighted by atomic mass is 10.1. The highest BCUT2D eigenvalue weighted by Gasteiger charge is 2.28. The van der Waals surface area contributed by atoms with Gasteiger partial charge in [0.2, 0.25) is 0 Å². The van der Waals surface area contributed by atoms with Gasteiger partial charge in [-0.3, -0.25) is 0 Å². The van der Waals surface area contributed by atoms with Crippen molar-refractivity contribution in [3.05, 3.63) is 22.6 Å². The van der Waals surface area contributed by atoms with E-state index in [2.05, 4.69) is 15.9 Å². The van der Waals surface area contributed by atoms with Gasteiger partial charge in [-0.05, 0) is 34.8 Å². The van der Waals surface area contributed by atoms with Crippen molar-refractivity contribution >= 4 is 15.9 Å². The van der Waals surface area contributed by atoms with E-state index in [-0.39, 0.29) is 6.10 Å². The number of rotatable bonds is 2. The Kier molecular flexibility index (Phi) is 2.71. The third-order valence-electron chi connectivity index (χ3n) is 2.23. The van der Waals surface area contributed by atoms with Crippen LogP contribution in [0.25, 0.3) is 0 Å². The lowest BCUT2D eigenvalue weighted by Crippen LogP contribution is -2.16. The summed E-state index contributed by atoms with van der Waals surface area (Å²) in [4.78, 5) is 0. The average molecular weight is 247 g/mol. The van der Waals surface area contributed by atoms with Gasteiger partial charge in [-0.25, -0.2) is 0 Å². The summed E-state index contributed by atoms with van der Waals surface area (Å²) in [7, 11) is 0. The van der Waals surface area contributed by atoms with Crippen molar-refractivity contribution in [2.24, 2.45) is 0 Å². The first kappa shape index (κ1) is 9.24. The molecule has 0 radical (unpaired) electrons. The van der Waals surface area contributed by atoms with Gasteiger partial charge in [-0.1, -0.05) is 0 Å². The molecule has 1 aliphatic heterocycles. The van der Waals surface area contributed by atoms with Gasteiger partial charge in [0.15, 0.2) is 0 Å². The van der Waals surface area contributed by atoms with E-state index in [1.807, 2.05) is 0 Å². The predicted octanol–water partition coefficient (Wildman–Crippen LogP) is 2.25. The number of ether oxygens (including phenoxy) is 1. The molecule has 4 heteroatoms. The Morgan fingerprint density at radius 2 is 2.46 bits per heavy atom. The van der Waals surface area contributed by atoms with Crippen LogP contribution in [0.1, 0.15) is 24.7 Å². The topological polar surface area (TPSA) is 42.6 Å². The molecule has 1 saturated heterocycles. The van der Waals surface area contributed by atoms with E-state index in [1.165, 1.54) is 0 Å². The molecule has 0 spiro atoms. The number of halogens is 1. The molecule has 0 amide bonds. The van der Waals surface area contributed by atoms with Crippen molar-refractivity contribution in [1.29, 1.82) is 0 Å². The van der Waals surface area contributed by atoms with E-state index in [1.54, 1.807) is 12.3 Å². The first-order chi connectivity index (χ1) is 6.29. The third-order valence-corrected chi connectivity index (χ3v) is 2.89. The molecule has 1 N–H and O–H groups in total. The maximum absolute atomic E-state index is 9.84. The van der Waals surface area contributed by atoms with Crippen LogP contribution < -0.4 is 0 Å². The standard InChI is InChI=1S/C9H11BrO3/c10-6-3-5-13-9(6)8(11)7-2-1-4-12-7/h3,5,7-8,11H,1-2,4H2. The van der Waals surface area contributed by atoms with Gasteiger partial charge in [0.25, 0.3) is 0 Å². The summed E-state index contributed by atoms with van der Waals surface area (Å²) in [5.41, 5.74) is 0. The lowest BCUT2D eigenvalue weighted by molar-refractivity contribution is -0.0135. The highest BCUT2D eigenvalue weighted by atomic mass is 79.9. The van der Waals surface area contributed by atoms with Gasteiger partial charge < -0.3 is 14.3 Å². The molecule has 2 unspecified atom stereocenters. The fraction of sp³-hybridized carbons (Fsp3) is 0.556. The zero-order chi connectivity index (χ0) is 9.26. The molecule has 2 heterocycles. The van der Waals surface area contributed by atoms with Crippen molar-refractivity contribution in [1.82, 2.24) is 0 Å². The second-order valence-corrected chi connectivity index (χ2v) is 3.98. The first-order valence-corrected chi connectivity index (χ1v) is 5.11. The van der Waals surface area contributed by atoms with E-state index >= 15 is 0 Å². The Morgan fingerprint density at radius 3 is 3.00 bits per heavy atom. The summed E-state index contributed by atoms with van der Waals surface area (Å²) in [5.74, 6) is 0.562. The van der Waals surface area contributed by atoms with Crippen LogP contribution in [0.4, 0.5) is 0 Å². The lowest BCUT2D eigenvalue weighted by Gasteiger charge is -2.15. The van der Waals surface area contributed by atoms with Gasteiger partial charge in [-0.15, -0.1) is 0 Å². The second-order valence-electron chi connectivity index (χ2n) is 3.13. The van der Waals surface area contributed by atoms with Crippen LogP contribution in [0, 0.1) is 0 Å². The van der Waals surface area contributed by atoms with Gasteiger partial charge in [-0.2, -0.15) is 0 Å². The summed E-state index contributed by atoms with van der Waals surface area (Å²) in [5, 5.41) is 9.84. The summed E-state index contributed by atoms with van der Waals surface area (Å²) in [6.45, 7) is 0.736. The normalized spacial score (nSPS) is 24.9. The maximum Gasteiger partial charge on any atom is 0.149 e. The van der Waals surface area contributed by atoms with Crippen molar-refractivity contribution < 1.29 is 14.3 Å². The third kappa shape index (κ3) is 1.80. The minimum Gasteiger partial charge on any atom is -0.465 e. The van der Waals surface area contributed by atoms with E-state index in [9.17, 15) is 5.11 Å². The van der Waals surface area contributed by atoms with Gasteiger partial charge in [0, 0.05) is 6.61 Å². The Labute approximate surface area is 84.8 Å². The molecule has 72 valence electrons. The maximum atomic E-state index is 9.84. The van der Waals surface area contributed by atoms with Crippen LogP contribution in [-0.4, -0.2) is 17.8 Å². The fourth-order valence-electron chi connectivity index (χ4n) is 1.54. The molecule has 1 aromatic rings. The molecular weight excluding hydrogens is 236 g/mol. The molecule has 2 rings (SSSR count). The molecule has 1 fully saturated rings. The van der Waals surface area contributed by atoms with E-state index in [0.717, 1.165) is 23.9 Å². The number of aliphatic hydroxyl groups is 1. The smallest absolute Gasteiger partial charge is 0.149 e. The summed E-state index contributed by atoms with van der Waals surface area (Å²) in [6.07, 6.45) is 2.71. The molecule has 0 aliphatic carbocycles. The zero-order valence-electron chi connectivity index (χ0n) is 7.07. The molecule has 1 aliphatic rings. The molecular formula is C9H11BrO3. The minimum absolute atomic E-state index is 0.109. The second kappa shape index (κ2) is 3.82. The molecule has 3 nitrogen and oxygen atoms in total. The Morgan fingerprint density at radius 1 is 1.62 bits per heavy atom. The van der Waals surface area contributed by atoms with Gasteiger partial charge in [0.1, 0.15) is 11.9 Å². The van der Waals surface area contributed by atoms with Crippen LogP contribution in [0.5, 0.6) is 0 Å². The summed E-state index contributed by atoms with van der Waals surface area (Å²) < 4.78 is 11.3. The number of hydrogen-bond donors (Lipinski definition) is 1. The Bertz CT molecular complexity index is 278. The molecule has 0 aromatic carbocycles. The first-order valence-electron chi connectivity index (χ1n) is 4.31. The SMILES string of the molecule is OC(c1occc1Br)C1CCCO1. The average Bonchev–Trinajstić information content (AvgIpc) is 2.72. The monoisotopic (exact) mass is 246 g/mol. The van der Waals surface area contributed by atoms with E-state index in [0.29, 0.717) is 5.76 Å². The highest BCUT2D eigenvalue weighted by Crippen LogP contribution is 2.31. The quantitative estimate of drug-likeness (QED) is 0.871. The van der Waals surface area contributed by atoms with Crippen LogP contribution >= 0.6 is 15.9 Å². The Balaban J connectivity index is 2.12. The number of aliphatic hydroxyl groups excluding tert-OH is 1. The van der Waals surface area contributed by atoms with E-state index < -0.39 is 6.10 Å². The van der Waals surface area contributed by atoms with Crippen LogP contribution in [0.2, 0.25) is 0 Å². The van der Waals surface area contributed by atoms with Crippen LogP contribution in [0.3, 0.4) is 0 Å². The summed E-state index contributed by atoms with van der Waals surface area (Å²) >= 11 is 3.30.